The monoisotopic (exact) mass is 171 g/mol. The van der Waals surface area contributed by atoms with Gasteiger partial charge in [0.25, 0.3) is 0 Å². The van der Waals surface area contributed by atoms with Crippen molar-refractivity contribution in [2.24, 2.45) is 0 Å². The normalized spacial score (nSPS) is 21.9. The highest BCUT2D eigenvalue weighted by Gasteiger charge is 2.20. The zero-order valence-corrected chi connectivity index (χ0v) is 8.02. The fourth-order valence-corrected chi connectivity index (χ4v) is 1.11. The highest BCUT2D eigenvalue weighted by molar-refractivity contribution is 5.88. The summed E-state index contributed by atoms with van der Waals surface area (Å²) >= 11 is 0. The van der Waals surface area contributed by atoms with Crippen molar-refractivity contribution in [1.82, 2.24) is 5.32 Å². The molecule has 1 aliphatic heterocycles. The first-order valence-electron chi connectivity index (χ1n) is 4.50. The van der Waals surface area contributed by atoms with Crippen molar-refractivity contribution in [3.8, 4) is 0 Å². The lowest BCUT2D eigenvalue weighted by molar-refractivity contribution is -0.128. The molecule has 1 atom stereocenters. The number of hydrogen-bond donors (Lipinski definition) is 1. The van der Waals surface area contributed by atoms with Gasteiger partial charge in [0.2, 0.25) is 5.91 Å². The Morgan fingerprint density at radius 3 is 2.42 bits per heavy atom. The molecular weight excluding hydrogens is 154 g/mol. The van der Waals surface area contributed by atoms with E-state index in [4.69, 9.17) is 0 Å². The molecule has 1 rings (SSSR count). The second-order valence-electron chi connectivity index (χ2n) is 2.62. The third kappa shape index (κ3) is 3.51. The molecule has 1 amide bonds. The highest BCUT2D eigenvalue weighted by Crippen LogP contribution is 2.07. The molecule has 12 heavy (non-hydrogen) atoms. The van der Waals surface area contributed by atoms with E-state index in [0.29, 0.717) is 6.42 Å². The van der Waals surface area contributed by atoms with Crippen molar-refractivity contribution in [1.29, 1.82) is 0 Å². The molecule has 70 valence electrons. The van der Waals surface area contributed by atoms with Gasteiger partial charge in [0.1, 0.15) is 0 Å². The fraction of sp³-hybridized carbons (Fsp3) is 0.778. The number of Topliss-reactive ketones (excluding diaryl/α,β-unsaturated/α-hetero) is 1. The maximum absolute atomic E-state index is 10.7. The molecule has 0 saturated carbocycles. The van der Waals surface area contributed by atoms with Gasteiger partial charge in [-0.2, -0.15) is 0 Å². The van der Waals surface area contributed by atoms with Gasteiger partial charge in [0.05, 0.1) is 6.04 Å². The summed E-state index contributed by atoms with van der Waals surface area (Å²) in [6, 6.07) is -0.207. The Kier molecular flexibility index (Phi) is 5.34. The van der Waals surface area contributed by atoms with Crippen LogP contribution >= 0.6 is 0 Å². The van der Waals surface area contributed by atoms with Gasteiger partial charge in [0, 0.05) is 6.42 Å². The van der Waals surface area contributed by atoms with E-state index in [1.165, 1.54) is 6.92 Å². The first-order chi connectivity index (χ1) is 5.70. The lowest BCUT2D eigenvalue weighted by Gasteiger charge is -2.20. The second kappa shape index (κ2) is 5.75. The molecular formula is C9H17NO2. The lowest BCUT2D eigenvalue weighted by atomic mass is 10.0. The minimum absolute atomic E-state index is 0.00597. The Hall–Kier alpha value is -0.860. The van der Waals surface area contributed by atoms with Crippen LogP contribution in [-0.2, 0) is 9.59 Å². The number of piperidine rings is 1. The van der Waals surface area contributed by atoms with Gasteiger partial charge in [-0.3, -0.25) is 9.59 Å². The summed E-state index contributed by atoms with van der Waals surface area (Å²) in [7, 11) is 0. The van der Waals surface area contributed by atoms with E-state index in [9.17, 15) is 9.59 Å². The van der Waals surface area contributed by atoms with E-state index in [1.807, 2.05) is 13.8 Å². The summed E-state index contributed by atoms with van der Waals surface area (Å²) in [5.41, 5.74) is 0. The SMILES string of the molecule is CC.CC(=O)C1CCCC(=O)N1. The maximum atomic E-state index is 10.7. The summed E-state index contributed by atoms with van der Waals surface area (Å²) in [6.45, 7) is 5.51. The highest BCUT2D eigenvalue weighted by atomic mass is 16.2. The van der Waals surface area contributed by atoms with E-state index in [2.05, 4.69) is 5.32 Å². The molecule has 0 aliphatic carbocycles. The van der Waals surface area contributed by atoms with Gasteiger partial charge >= 0.3 is 0 Å². The van der Waals surface area contributed by atoms with E-state index in [1.54, 1.807) is 0 Å². The quantitative estimate of drug-likeness (QED) is 0.645. The van der Waals surface area contributed by atoms with Crippen molar-refractivity contribution in [2.75, 3.05) is 0 Å². The summed E-state index contributed by atoms with van der Waals surface area (Å²) in [4.78, 5) is 21.4. The molecule has 0 spiro atoms. The largest absolute Gasteiger partial charge is 0.346 e. The Morgan fingerprint density at radius 1 is 1.50 bits per heavy atom. The molecule has 3 heteroatoms. The van der Waals surface area contributed by atoms with Crippen LogP contribution in [0.25, 0.3) is 0 Å². The van der Waals surface area contributed by atoms with Crippen molar-refractivity contribution >= 4 is 11.7 Å². The lowest BCUT2D eigenvalue weighted by Crippen LogP contribution is -2.42. The minimum atomic E-state index is -0.207. The topological polar surface area (TPSA) is 46.2 Å². The predicted molar refractivity (Wildman–Crippen MR) is 47.8 cm³/mol. The van der Waals surface area contributed by atoms with Gasteiger partial charge in [0.15, 0.2) is 5.78 Å². The van der Waals surface area contributed by atoms with Gasteiger partial charge in [-0.25, -0.2) is 0 Å². The zero-order valence-electron chi connectivity index (χ0n) is 8.02. The van der Waals surface area contributed by atoms with Gasteiger partial charge in [-0.15, -0.1) is 0 Å². The number of nitrogens with one attached hydrogen (secondary N) is 1. The molecule has 1 fully saturated rings. The number of rotatable bonds is 1. The predicted octanol–water partition coefficient (Wildman–Crippen LogP) is 1.27. The first kappa shape index (κ1) is 11.1. The van der Waals surface area contributed by atoms with Crippen molar-refractivity contribution in [3.63, 3.8) is 0 Å². The molecule has 0 radical (unpaired) electrons. The molecule has 0 aromatic carbocycles. The number of amides is 1. The van der Waals surface area contributed by atoms with Crippen LogP contribution < -0.4 is 5.32 Å². The van der Waals surface area contributed by atoms with Crippen molar-refractivity contribution in [3.05, 3.63) is 0 Å². The molecule has 1 unspecified atom stereocenters. The second-order valence-corrected chi connectivity index (χ2v) is 2.62. The van der Waals surface area contributed by atoms with Crippen LogP contribution in [0.4, 0.5) is 0 Å². The van der Waals surface area contributed by atoms with E-state index in [0.717, 1.165) is 12.8 Å². The first-order valence-corrected chi connectivity index (χ1v) is 4.50. The van der Waals surface area contributed by atoms with E-state index in [-0.39, 0.29) is 17.7 Å². The van der Waals surface area contributed by atoms with E-state index < -0.39 is 0 Å². The smallest absolute Gasteiger partial charge is 0.220 e. The summed E-state index contributed by atoms with van der Waals surface area (Å²) < 4.78 is 0. The third-order valence-electron chi connectivity index (χ3n) is 1.72. The van der Waals surface area contributed by atoms with Crippen LogP contribution in [0, 0.1) is 0 Å². The third-order valence-corrected chi connectivity index (χ3v) is 1.72. The van der Waals surface area contributed by atoms with Crippen LogP contribution in [0.2, 0.25) is 0 Å². The van der Waals surface area contributed by atoms with Crippen LogP contribution in [0.15, 0.2) is 0 Å². The summed E-state index contributed by atoms with van der Waals surface area (Å²) in [6.07, 6.45) is 2.22. The van der Waals surface area contributed by atoms with Crippen molar-refractivity contribution in [2.45, 2.75) is 46.1 Å². The minimum Gasteiger partial charge on any atom is -0.346 e. The van der Waals surface area contributed by atoms with Crippen LogP contribution in [0.5, 0.6) is 0 Å². The molecule has 1 heterocycles. The number of ketones is 1. The van der Waals surface area contributed by atoms with Gasteiger partial charge in [-0.05, 0) is 19.8 Å². The van der Waals surface area contributed by atoms with E-state index >= 15 is 0 Å². The summed E-state index contributed by atoms with van der Waals surface area (Å²) in [5, 5.41) is 2.63. The van der Waals surface area contributed by atoms with Crippen molar-refractivity contribution < 1.29 is 9.59 Å². The number of carbonyl (C=O) groups excluding carboxylic acids is 2. The van der Waals surface area contributed by atoms with Gasteiger partial charge < -0.3 is 5.32 Å². The molecule has 1 saturated heterocycles. The number of hydrogen-bond acceptors (Lipinski definition) is 2. The maximum Gasteiger partial charge on any atom is 0.220 e. The zero-order chi connectivity index (χ0) is 9.56. The number of carbonyl (C=O) groups is 2. The van der Waals surface area contributed by atoms with Crippen LogP contribution in [0.1, 0.15) is 40.0 Å². The van der Waals surface area contributed by atoms with Crippen LogP contribution in [0.3, 0.4) is 0 Å². The Labute approximate surface area is 73.5 Å². The Morgan fingerprint density at radius 2 is 2.08 bits per heavy atom. The molecule has 0 aromatic rings. The molecule has 1 N–H and O–H groups in total. The van der Waals surface area contributed by atoms with Crippen LogP contribution in [-0.4, -0.2) is 17.7 Å². The average Bonchev–Trinajstić information content (AvgIpc) is 2.08. The molecule has 1 aliphatic rings. The molecule has 3 nitrogen and oxygen atoms in total. The Bertz CT molecular complexity index is 164. The summed E-state index contributed by atoms with van der Waals surface area (Å²) in [5.74, 6) is 0.0690. The average molecular weight is 171 g/mol. The van der Waals surface area contributed by atoms with Gasteiger partial charge in [-0.1, -0.05) is 13.8 Å². The molecule has 0 bridgehead atoms. The molecule has 0 aromatic heterocycles. The fourth-order valence-electron chi connectivity index (χ4n) is 1.11. The Balaban J connectivity index is 0.000000561. The standard InChI is InChI=1S/C7H11NO2.C2H6/c1-5(9)6-3-2-4-7(10)8-6;1-2/h6H,2-4H2,1H3,(H,8,10);1-2H3.